The van der Waals surface area contributed by atoms with E-state index in [0.29, 0.717) is 18.5 Å². The van der Waals surface area contributed by atoms with Gasteiger partial charge in [-0.25, -0.2) is 0 Å². The van der Waals surface area contributed by atoms with Crippen molar-refractivity contribution in [3.63, 3.8) is 0 Å². The molecule has 1 fully saturated rings. The lowest BCUT2D eigenvalue weighted by Gasteiger charge is -2.44. The van der Waals surface area contributed by atoms with E-state index >= 15 is 0 Å². The largest absolute Gasteiger partial charge is 0.383 e. The number of aromatic amines is 1. The fraction of sp³-hybridized carbons (Fsp3) is 0.526. The van der Waals surface area contributed by atoms with Crippen molar-refractivity contribution in [2.75, 3.05) is 33.4 Å². The Morgan fingerprint density at radius 2 is 1.96 bits per heavy atom. The van der Waals surface area contributed by atoms with Gasteiger partial charge in [-0.2, -0.15) is 0 Å². The molecule has 0 aliphatic carbocycles. The number of carbonyl (C=O) groups is 1. The highest BCUT2D eigenvalue weighted by atomic mass is 16.5. The molecule has 0 bridgehead atoms. The summed E-state index contributed by atoms with van der Waals surface area (Å²) in [5, 5.41) is 1.14. The zero-order chi connectivity index (χ0) is 17.1. The van der Waals surface area contributed by atoms with Gasteiger partial charge in [-0.15, -0.1) is 0 Å². The van der Waals surface area contributed by atoms with Gasteiger partial charge in [0.25, 0.3) is 0 Å². The third-order valence-electron chi connectivity index (χ3n) is 5.02. The second-order valence-corrected chi connectivity index (χ2v) is 6.76. The lowest BCUT2D eigenvalue weighted by Crippen LogP contribution is -2.58. The summed E-state index contributed by atoms with van der Waals surface area (Å²) in [6.45, 7) is 7.61. The van der Waals surface area contributed by atoms with Crippen LogP contribution in [0.1, 0.15) is 19.4 Å². The van der Waals surface area contributed by atoms with E-state index in [-0.39, 0.29) is 5.91 Å². The number of aromatic nitrogens is 1. The number of carbonyl (C=O) groups excluding carboxylic acids is 1. The molecule has 5 heteroatoms. The van der Waals surface area contributed by atoms with Crippen molar-refractivity contribution in [3.05, 3.63) is 36.0 Å². The van der Waals surface area contributed by atoms with E-state index in [1.54, 1.807) is 7.11 Å². The summed E-state index contributed by atoms with van der Waals surface area (Å²) >= 11 is 0. The summed E-state index contributed by atoms with van der Waals surface area (Å²) < 4.78 is 5.20. The number of H-pyrrole nitrogens is 1. The highest BCUT2D eigenvalue weighted by Crippen LogP contribution is 2.21. The number of benzene rings is 1. The fourth-order valence-corrected chi connectivity index (χ4v) is 3.75. The standard InChI is InChI=1S/C19H27N3O2/c1-14-12-21(13-15(2)22(14)8-9-24-3)19(23)10-16-11-20-18-7-5-4-6-17(16)18/h4-7,11,14-15,20H,8-10,12-13H2,1-3H3. The first kappa shape index (κ1) is 17.0. The number of fused-ring (bicyclic) bond motifs is 1. The number of hydrogen-bond donors (Lipinski definition) is 1. The van der Waals surface area contributed by atoms with E-state index < -0.39 is 0 Å². The van der Waals surface area contributed by atoms with Crippen LogP contribution in [0, 0.1) is 0 Å². The summed E-state index contributed by atoms with van der Waals surface area (Å²) in [7, 11) is 1.73. The van der Waals surface area contributed by atoms with Gasteiger partial charge in [-0.1, -0.05) is 18.2 Å². The Bertz CT molecular complexity index is 685. The van der Waals surface area contributed by atoms with Gasteiger partial charge in [-0.05, 0) is 25.5 Å². The molecule has 2 atom stereocenters. The number of piperazine rings is 1. The summed E-state index contributed by atoms with van der Waals surface area (Å²) in [6.07, 6.45) is 2.42. The molecule has 1 saturated heterocycles. The molecule has 5 nitrogen and oxygen atoms in total. The fourth-order valence-electron chi connectivity index (χ4n) is 3.75. The topological polar surface area (TPSA) is 48.6 Å². The molecule has 1 amide bonds. The molecule has 2 unspecified atom stereocenters. The van der Waals surface area contributed by atoms with Crippen molar-refractivity contribution < 1.29 is 9.53 Å². The summed E-state index contributed by atoms with van der Waals surface area (Å²) in [5.41, 5.74) is 2.17. The molecule has 3 rings (SSSR count). The van der Waals surface area contributed by atoms with Crippen molar-refractivity contribution in [1.29, 1.82) is 0 Å². The summed E-state index contributed by atoms with van der Waals surface area (Å²) in [6, 6.07) is 8.85. The van der Waals surface area contributed by atoms with Crippen LogP contribution in [0.4, 0.5) is 0 Å². The maximum atomic E-state index is 12.8. The van der Waals surface area contributed by atoms with Crippen LogP contribution < -0.4 is 0 Å². The average molecular weight is 329 g/mol. The monoisotopic (exact) mass is 329 g/mol. The van der Waals surface area contributed by atoms with E-state index in [1.807, 2.05) is 29.3 Å². The number of methoxy groups -OCH3 is 1. The van der Waals surface area contributed by atoms with Crippen molar-refractivity contribution in [2.24, 2.45) is 0 Å². The van der Waals surface area contributed by atoms with Gasteiger partial charge < -0.3 is 14.6 Å². The van der Waals surface area contributed by atoms with E-state index in [9.17, 15) is 4.79 Å². The van der Waals surface area contributed by atoms with Crippen molar-refractivity contribution in [2.45, 2.75) is 32.4 Å². The van der Waals surface area contributed by atoms with Gasteiger partial charge in [0.05, 0.1) is 13.0 Å². The van der Waals surface area contributed by atoms with Gasteiger partial charge in [0.15, 0.2) is 0 Å². The van der Waals surface area contributed by atoms with E-state index in [2.05, 4.69) is 29.8 Å². The number of nitrogens with one attached hydrogen (secondary N) is 1. The molecule has 2 heterocycles. The number of amides is 1. The molecule has 0 saturated carbocycles. The highest BCUT2D eigenvalue weighted by Gasteiger charge is 2.31. The Balaban J connectivity index is 1.66. The smallest absolute Gasteiger partial charge is 0.227 e. The normalized spacial score (nSPS) is 22.2. The number of nitrogens with zero attached hydrogens (tertiary/aromatic N) is 2. The third-order valence-corrected chi connectivity index (χ3v) is 5.02. The first-order valence-corrected chi connectivity index (χ1v) is 8.67. The van der Waals surface area contributed by atoms with Gasteiger partial charge in [0.1, 0.15) is 0 Å². The molecule has 130 valence electrons. The second kappa shape index (κ2) is 7.36. The molecule has 1 aromatic heterocycles. The summed E-state index contributed by atoms with van der Waals surface area (Å²) in [5.74, 6) is 0.213. The molecule has 0 spiro atoms. The van der Waals surface area contributed by atoms with Gasteiger partial charge in [0, 0.05) is 55.9 Å². The zero-order valence-corrected chi connectivity index (χ0v) is 14.8. The minimum atomic E-state index is 0.213. The van der Waals surface area contributed by atoms with Crippen LogP contribution in [0.3, 0.4) is 0 Å². The minimum absolute atomic E-state index is 0.213. The van der Waals surface area contributed by atoms with Crippen LogP contribution >= 0.6 is 0 Å². The van der Waals surface area contributed by atoms with Crippen LogP contribution in [-0.2, 0) is 16.0 Å². The lowest BCUT2D eigenvalue weighted by atomic mass is 10.1. The molecular formula is C19H27N3O2. The van der Waals surface area contributed by atoms with Crippen molar-refractivity contribution >= 4 is 16.8 Å². The number of hydrogen-bond acceptors (Lipinski definition) is 3. The third kappa shape index (κ3) is 3.47. The Labute approximate surface area is 143 Å². The van der Waals surface area contributed by atoms with Crippen LogP contribution in [-0.4, -0.2) is 66.1 Å². The quantitative estimate of drug-likeness (QED) is 0.915. The van der Waals surface area contributed by atoms with Crippen LogP contribution in [0.5, 0.6) is 0 Å². The van der Waals surface area contributed by atoms with Gasteiger partial charge in [0.2, 0.25) is 5.91 Å². The van der Waals surface area contributed by atoms with Crippen molar-refractivity contribution in [3.8, 4) is 0 Å². The van der Waals surface area contributed by atoms with Gasteiger partial charge >= 0.3 is 0 Å². The molecule has 1 aliphatic rings. The Hall–Kier alpha value is -1.85. The SMILES string of the molecule is COCCN1C(C)CN(C(=O)Cc2c[nH]c3ccccc23)CC1C. The number of rotatable bonds is 5. The predicted molar refractivity (Wildman–Crippen MR) is 96.1 cm³/mol. The Kier molecular flexibility index (Phi) is 5.21. The van der Waals surface area contributed by atoms with E-state index in [1.165, 1.54) is 0 Å². The maximum absolute atomic E-state index is 12.8. The highest BCUT2D eigenvalue weighted by molar-refractivity contribution is 5.88. The number of para-hydroxylation sites is 1. The molecular weight excluding hydrogens is 302 g/mol. The molecule has 1 aliphatic heterocycles. The minimum Gasteiger partial charge on any atom is -0.383 e. The number of ether oxygens (including phenoxy) is 1. The van der Waals surface area contributed by atoms with Crippen molar-refractivity contribution in [1.82, 2.24) is 14.8 Å². The molecule has 24 heavy (non-hydrogen) atoms. The summed E-state index contributed by atoms with van der Waals surface area (Å²) in [4.78, 5) is 20.5. The second-order valence-electron chi connectivity index (χ2n) is 6.76. The van der Waals surface area contributed by atoms with Crippen LogP contribution in [0.25, 0.3) is 10.9 Å². The molecule has 0 radical (unpaired) electrons. The Morgan fingerprint density at radius 3 is 2.67 bits per heavy atom. The van der Waals surface area contributed by atoms with Crippen LogP contribution in [0.15, 0.2) is 30.5 Å². The first-order chi connectivity index (χ1) is 11.6. The average Bonchev–Trinajstić information content (AvgIpc) is 2.97. The van der Waals surface area contributed by atoms with Gasteiger partial charge in [-0.3, -0.25) is 9.69 Å². The van der Waals surface area contributed by atoms with E-state index in [4.69, 9.17) is 4.74 Å². The first-order valence-electron chi connectivity index (χ1n) is 8.67. The van der Waals surface area contributed by atoms with E-state index in [0.717, 1.165) is 42.7 Å². The Morgan fingerprint density at radius 1 is 1.25 bits per heavy atom. The zero-order valence-electron chi connectivity index (χ0n) is 14.8. The van der Waals surface area contributed by atoms with Crippen LogP contribution in [0.2, 0.25) is 0 Å². The molecule has 2 aromatic rings. The maximum Gasteiger partial charge on any atom is 0.227 e. The lowest BCUT2D eigenvalue weighted by molar-refractivity contribution is -0.135. The molecule has 1 N–H and O–H groups in total. The molecule has 1 aromatic carbocycles. The predicted octanol–water partition coefficient (Wildman–Crippen LogP) is 2.28.